The van der Waals surface area contributed by atoms with Crippen molar-refractivity contribution in [3.8, 4) is 10.8 Å². The minimum atomic E-state index is -0.157. The number of hydrogen-bond acceptors (Lipinski definition) is 5. The predicted molar refractivity (Wildman–Crippen MR) is 70.6 cm³/mol. The van der Waals surface area contributed by atoms with Gasteiger partial charge in [-0.15, -0.1) is 11.3 Å². The molecule has 0 aliphatic carbocycles. The zero-order valence-electron chi connectivity index (χ0n) is 10.1. The third-order valence-electron chi connectivity index (χ3n) is 2.41. The van der Waals surface area contributed by atoms with E-state index in [0.29, 0.717) is 24.5 Å². The van der Waals surface area contributed by atoms with Crippen LogP contribution in [0.1, 0.15) is 21.8 Å². The topological polar surface area (TPSA) is 81.2 Å². The fourth-order valence-corrected chi connectivity index (χ4v) is 2.38. The molecule has 0 aliphatic rings. The third kappa shape index (κ3) is 2.77. The van der Waals surface area contributed by atoms with Crippen molar-refractivity contribution in [3.05, 3.63) is 29.0 Å². The van der Waals surface area contributed by atoms with E-state index in [4.69, 9.17) is 10.2 Å². The van der Waals surface area contributed by atoms with Gasteiger partial charge in [0.25, 0.3) is 5.91 Å². The lowest BCUT2D eigenvalue weighted by Crippen LogP contribution is -2.26. The molecular weight excluding hydrogens is 250 g/mol. The number of aromatic nitrogens is 1. The van der Waals surface area contributed by atoms with E-state index < -0.39 is 0 Å². The molecule has 0 saturated carbocycles. The van der Waals surface area contributed by atoms with Crippen molar-refractivity contribution in [1.29, 1.82) is 0 Å². The van der Waals surface area contributed by atoms with Crippen LogP contribution < -0.4 is 11.1 Å². The maximum Gasteiger partial charge on any atom is 0.271 e. The summed E-state index contributed by atoms with van der Waals surface area (Å²) in [5.41, 5.74) is 5.84. The molecule has 18 heavy (non-hydrogen) atoms. The van der Waals surface area contributed by atoms with Crippen molar-refractivity contribution in [3.63, 3.8) is 0 Å². The lowest BCUT2D eigenvalue weighted by atomic mass is 10.3. The van der Waals surface area contributed by atoms with Crippen LogP contribution in [0.25, 0.3) is 10.8 Å². The number of thiazole rings is 1. The molecule has 2 rings (SSSR count). The van der Waals surface area contributed by atoms with Crippen LogP contribution in [0.4, 0.5) is 0 Å². The summed E-state index contributed by atoms with van der Waals surface area (Å²) in [7, 11) is 0. The van der Waals surface area contributed by atoms with Gasteiger partial charge < -0.3 is 15.5 Å². The molecule has 2 heterocycles. The van der Waals surface area contributed by atoms with Crippen molar-refractivity contribution in [2.75, 3.05) is 13.1 Å². The van der Waals surface area contributed by atoms with Crippen molar-refractivity contribution >= 4 is 17.2 Å². The standard InChI is InChI=1S/C12H15N3O2S/c1-8-10(11(16)14-6-3-5-13)15-12(18-8)9-4-2-7-17-9/h2,4,7H,3,5-6,13H2,1H3,(H,14,16). The molecule has 2 aromatic heterocycles. The number of nitrogens with two attached hydrogens (primary N) is 1. The minimum absolute atomic E-state index is 0.157. The fourth-order valence-electron chi connectivity index (χ4n) is 1.50. The van der Waals surface area contributed by atoms with E-state index in [1.807, 2.05) is 13.0 Å². The first-order valence-electron chi connectivity index (χ1n) is 5.72. The first kappa shape index (κ1) is 12.8. The van der Waals surface area contributed by atoms with Crippen molar-refractivity contribution in [1.82, 2.24) is 10.3 Å². The van der Waals surface area contributed by atoms with Crippen LogP contribution in [0.15, 0.2) is 22.8 Å². The van der Waals surface area contributed by atoms with Crippen LogP contribution in [0.5, 0.6) is 0 Å². The molecule has 0 bridgehead atoms. The van der Waals surface area contributed by atoms with Gasteiger partial charge in [-0.1, -0.05) is 0 Å². The van der Waals surface area contributed by atoms with Gasteiger partial charge in [0, 0.05) is 11.4 Å². The monoisotopic (exact) mass is 265 g/mol. The van der Waals surface area contributed by atoms with Crippen LogP contribution in [-0.2, 0) is 0 Å². The maximum absolute atomic E-state index is 11.9. The minimum Gasteiger partial charge on any atom is -0.462 e. The van der Waals surface area contributed by atoms with Crippen molar-refractivity contribution < 1.29 is 9.21 Å². The lowest BCUT2D eigenvalue weighted by Gasteiger charge is -2.01. The van der Waals surface area contributed by atoms with Crippen LogP contribution in [0.2, 0.25) is 0 Å². The van der Waals surface area contributed by atoms with Gasteiger partial charge in [0.05, 0.1) is 6.26 Å². The Hall–Kier alpha value is -1.66. The molecule has 6 heteroatoms. The number of carbonyl (C=O) groups excluding carboxylic acids is 1. The number of nitrogens with zero attached hydrogens (tertiary/aromatic N) is 1. The molecule has 0 aliphatic heterocycles. The number of amides is 1. The summed E-state index contributed by atoms with van der Waals surface area (Å²) in [6.07, 6.45) is 2.35. The molecule has 2 aromatic rings. The van der Waals surface area contributed by atoms with Gasteiger partial charge in [-0.25, -0.2) is 4.98 Å². The Morgan fingerprint density at radius 3 is 3.11 bits per heavy atom. The van der Waals surface area contributed by atoms with E-state index in [-0.39, 0.29) is 5.91 Å². The first-order valence-corrected chi connectivity index (χ1v) is 6.53. The fraction of sp³-hybridized carbons (Fsp3) is 0.333. The van der Waals surface area contributed by atoms with E-state index in [1.165, 1.54) is 11.3 Å². The van der Waals surface area contributed by atoms with E-state index in [0.717, 1.165) is 16.3 Å². The number of aryl methyl sites for hydroxylation is 1. The number of carbonyl (C=O) groups is 1. The maximum atomic E-state index is 11.9. The first-order chi connectivity index (χ1) is 8.72. The highest BCUT2D eigenvalue weighted by Crippen LogP contribution is 2.27. The van der Waals surface area contributed by atoms with E-state index in [9.17, 15) is 4.79 Å². The summed E-state index contributed by atoms with van der Waals surface area (Å²) in [6.45, 7) is 3.01. The highest BCUT2D eigenvalue weighted by atomic mass is 32.1. The van der Waals surface area contributed by atoms with Gasteiger partial charge >= 0.3 is 0 Å². The SMILES string of the molecule is Cc1sc(-c2ccco2)nc1C(=O)NCCCN. The van der Waals surface area contributed by atoms with Crippen LogP contribution in [0, 0.1) is 6.92 Å². The highest BCUT2D eigenvalue weighted by Gasteiger charge is 2.16. The zero-order valence-corrected chi connectivity index (χ0v) is 10.9. The summed E-state index contributed by atoms with van der Waals surface area (Å²) in [5, 5.41) is 3.52. The average molecular weight is 265 g/mol. The molecule has 3 N–H and O–H groups in total. The summed E-state index contributed by atoms with van der Waals surface area (Å²) in [6, 6.07) is 3.63. The van der Waals surface area contributed by atoms with Gasteiger partial charge in [0.1, 0.15) is 5.69 Å². The van der Waals surface area contributed by atoms with Gasteiger partial charge in [-0.05, 0) is 32.0 Å². The smallest absolute Gasteiger partial charge is 0.271 e. The third-order valence-corrected chi connectivity index (χ3v) is 3.40. The Morgan fingerprint density at radius 2 is 2.44 bits per heavy atom. The molecule has 0 radical (unpaired) electrons. The van der Waals surface area contributed by atoms with Gasteiger partial charge in [-0.3, -0.25) is 4.79 Å². The summed E-state index contributed by atoms with van der Waals surface area (Å²) >= 11 is 1.45. The second kappa shape index (κ2) is 5.79. The molecule has 0 aromatic carbocycles. The van der Waals surface area contributed by atoms with Crippen LogP contribution >= 0.6 is 11.3 Å². The number of rotatable bonds is 5. The molecule has 96 valence electrons. The number of nitrogens with one attached hydrogen (secondary N) is 1. The molecule has 1 amide bonds. The van der Waals surface area contributed by atoms with Crippen LogP contribution in [-0.4, -0.2) is 24.0 Å². The van der Waals surface area contributed by atoms with Gasteiger partial charge in [0.2, 0.25) is 0 Å². The Balaban J connectivity index is 2.12. The molecule has 0 atom stereocenters. The summed E-state index contributed by atoms with van der Waals surface area (Å²) in [5.74, 6) is 0.527. The Bertz CT molecular complexity index is 519. The molecular formula is C12H15N3O2S. The number of hydrogen-bond donors (Lipinski definition) is 2. The Morgan fingerprint density at radius 1 is 1.61 bits per heavy atom. The molecule has 5 nitrogen and oxygen atoms in total. The Labute approximate surface area is 109 Å². The zero-order chi connectivity index (χ0) is 13.0. The molecule has 0 unspecified atom stereocenters. The second-order valence-corrected chi connectivity index (χ2v) is 5.00. The van der Waals surface area contributed by atoms with E-state index in [2.05, 4.69) is 10.3 Å². The van der Waals surface area contributed by atoms with Crippen LogP contribution in [0.3, 0.4) is 0 Å². The van der Waals surface area contributed by atoms with Crippen molar-refractivity contribution in [2.45, 2.75) is 13.3 Å². The normalized spacial score (nSPS) is 10.6. The molecule has 0 saturated heterocycles. The summed E-state index contributed by atoms with van der Waals surface area (Å²) < 4.78 is 5.27. The molecule has 0 fully saturated rings. The van der Waals surface area contributed by atoms with E-state index >= 15 is 0 Å². The Kier molecular flexibility index (Phi) is 4.11. The number of furan rings is 1. The quantitative estimate of drug-likeness (QED) is 0.808. The molecule has 0 spiro atoms. The average Bonchev–Trinajstić information content (AvgIpc) is 2.97. The summed E-state index contributed by atoms with van der Waals surface area (Å²) in [4.78, 5) is 17.1. The highest BCUT2D eigenvalue weighted by molar-refractivity contribution is 7.15. The lowest BCUT2D eigenvalue weighted by molar-refractivity contribution is 0.0948. The predicted octanol–water partition coefficient (Wildman–Crippen LogP) is 1.79. The largest absolute Gasteiger partial charge is 0.462 e. The van der Waals surface area contributed by atoms with E-state index in [1.54, 1.807) is 12.3 Å². The second-order valence-electron chi connectivity index (χ2n) is 3.80. The van der Waals surface area contributed by atoms with Crippen molar-refractivity contribution in [2.24, 2.45) is 5.73 Å². The van der Waals surface area contributed by atoms with Gasteiger partial charge in [0.15, 0.2) is 10.8 Å². The van der Waals surface area contributed by atoms with Gasteiger partial charge in [-0.2, -0.15) is 0 Å².